The number of esters is 1. The second-order valence-corrected chi connectivity index (χ2v) is 15.6. The van der Waals surface area contributed by atoms with Crippen LogP contribution in [0.1, 0.15) is 46.0 Å². The monoisotopic (exact) mass is 818 g/mol. The van der Waals surface area contributed by atoms with Crippen LogP contribution in [0.25, 0.3) is 10.2 Å². The van der Waals surface area contributed by atoms with Crippen LogP contribution in [0, 0.1) is 17.8 Å². The number of thiazole rings is 1. The Morgan fingerprint density at radius 1 is 0.917 bits per heavy atom. The van der Waals surface area contributed by atoms with Crippen molar-refractivity contribution in [2.75, 3.05) is 30.4 Å². The summed E-state index contributed by atoms with van der Waals surface area (Å²) in [4.78, 5) is 64.2. The number of benzene rings is 5. The van der Waals surface area contributed by atoms with Gasteiger partial charge in [-0.1, -0.05) is 114 Å². The van der Waals surface area contributed by atoms with Crippen LogP contribution in [0.3, 0.4) is 0 Å². The van der Waals surface area contributed by atoms with Crippen molar-refractivity contribution >= 4 is 56.2 Å². The van der Waals surface area contributed by atoms with E-state index in [0.717, 1.165) is 15.8 Å². The molecular weight excluding hydrogens is 781 g/mol. The highest BCUT2D eigenvalue weighted by Crippen LogP contribution is 2.65. The van der Waals surface area contributed by atoms with Gasteiger partial charge in [0.1, 0.15) is 29.9 Å². The van der Waals surface area contributed by atoms with E-state index in [9.17, 15) is 9.90 Å². The second kappa shape index (κ2) is 16.0. The quantitative estimate of drug-likeness (QED) is 0.0916. The number of cyclic esters (lactones) is 1. The highest BCUT2D eigenvalue weighted by Gasteiger charge is 2.74. The number of hydrogen-bond acceptors (Lipinski definition) is 10. The van der Waals surface area contributed by atoms with Crippen LogP contribution in [0.5, 0.6) is 5.75 Å². The summed E-state index contributed by atoms with van der Waals surface area (Å²) in [6.07, 6.45) is -0.868. The van der Waals surface area contributed by atoms with Crippen LogP contribution in [0.2, 0.25) is 0 Å². The van der Waals surface area contributed by atoms with Crippen molar-refractivity contribution in [2.45, 2.75) is 29.6 Å². The minimum atomic E-state index is -1.83. The van der Waals surface area contributed by atoms with E-state index in [1.54, 1.807) is 30.3 Å². The predicted molar refractivity (Wildman–Crippen MR) is 225 cm³/mol. The lowest BCUT2D eigenvalue weighted by molar-refractivity contribution is -0.177. The predicted octanol–water partition coefficient (Wildman–Crippen LogP) is 5.60. The first-order valence-electron chi connectivity index (χ1n) is 19.3. The van der Waals surface area contributed by atoms with Crippen molar-refractivity contribution in [3.8, 4) is 17.6 Å². The Morgan fingerprint density at radius 3 is 2.38 bits per heavy atom. The van der Waals surface area contributed by atoms with Crippen molar-refractivity contribution in [2.24, 2.45) is 11.7 Å². The van der Waals surface area contributed by atoms with Gasteiger partial charge in [-0.15, -0.1) is 0 Å². The smallest absolute Gasteiger partial charge is 0.324 e. The molecule has 1 spiro atoms. The van der Waals surface area contributed by atoms with Gasteiger partial charge in [0.25, 0.3) is 0 Å². The van der Waals surface area contributed by atoms with Crippen LogP contribution in [0.4, 0.5) is 15.6 Å². The summed E-state index contributed by atoms with van der Waals surface area (Å²) in [7, 11) is 0. The summed E-state index contributed by atoms with van der Waals surface area (Å²) in [6.45, 7) is -0.365. The summed E-state index contributed by atoms with van der Waals surface area (Å²) >= 11 is 1.28. The highest BCUT2D eigenvalue weighted by atomic mass is 32.1. The zero-order valence-corrected chi connectivity index (χ0v) is 32.7. The highest BCUT2D eigenvalue weighted by molar-refractivity contribution is 7.22. The molecule has 5 aromatic carbocycles. The number of carbonyl (C=O) groups is 4. The molecule has 1 aromatic heterocycles. The molecule has 0 saturated carbocycles. The van der Waals surface area contributed by atoms with E-state index < -0.39 is 59.4 Å². The van der Waals surface area contributed by atoms with Crippen molar-refractivity contribution in [3.63, 3.8) is 0 Å². The van der Waals surface area contributed by atoms with E-state index in [4.69, 9.17) is 15.2 Å². The van der Waals surface area contributed by atoms with Gasteiger partial charge in [0.05, 0.1) is 41.4 Å². The number of morpholine rings is 1. The molecule has 3 aliphatic rings. The fraction of sp³-hybridized carbons (Fsp3) is 0.196. The zero-order chi connectivity index (χ0) is 41.4. The Morgan fingerprint density at radius 2 is 1.63 bits per heavy atom. The topological polar surface area (TPSA) is 185 Å². The maximum absolute atomic E-state index is 15.5. The second-order valence-electron chi connectivity index (χ2n) is 14.6. The Balaban J connectivity index is 1.33. The van der Waals surface area contributed by atoms with Gasteiger partial charge in [-0.2, -0.15) is 0 Å². The van der Waals surface area contributed by atoms with Gasteiger partial charge >= 0.3 is 12.0 Å². The molecule has 60 heavy (non-hydrogen) atoms. The molecule has 14 heteroatoms. The van der Waals surface area contributed by atoms with Crippen molar-refractivity contribution < 1.29 is 33.8 Å². The van der Waals surface area contributed by atoms with Crippen LogP contribution >= 0.6 is 11.3 Å². The fourth-order valence-corrected chi connectivity index (χ4v) is 9.89. The molecule has 0 radical (unpaired) electrons. The molecule has 300 valence electrons. The number of aliphatic hydroxyl groups excluding tert-OH is 1. The number of aliphatic hydroxyl groups is 1. The minimum Gasteiger partial charge on any atom is -0.491 e. The molecule has 0 unspecified atom stereocenters. The molecule has 4 amide bonds. The molecule has 9 rings (SSSR count). The maximum Gasteiger partial charge on any atom is 0.324 e. The van der Waals surface area contributed by atoms with Crippen LogP contribution in [-0.4, -0.2) is 64.6 Å². The third-order valence-corrected chi connectivity index (χ3v) is 12.2. The first-order chi connectivity index (χ1) is 29.3. The summed E-state index contributed by atoms with van der Waals surface area (Å²) in [5, 5.41) is 18.8. The van der Waals surface area contributed by atoms with Gasteiger partial charge in [-0.25, -0.2) is 9.78 Å². The summed E-state index contributed by atoms with van der Waals surface area (Å²) in [6, 6.07) is 35.0. The van der Waals surface area contributed by atoms with Gasteiger partial charge in [0.15, 0.2) is 5.13 Å². The Labute approximate surface area is 348 Å². The minimum absolute atomic E-state index is 0.0263. The molecule has 0 aliphatic carbocycles. The summed E-state index contributed by atoms with van der Waals surface area (Å²) in [5.74, 6) is 3.06. The molecule has 4 heterocycles. The maximum atomic E-state index is 15.5. The van der Waals surface area contributed by atoms with Gasteiger partial charge in [-0.3, -0.25) is 19.3 Å². The average molecular weight is 819 g/mol. The molecule has 0 bridgehead atoms. The molecule has 13 nitrogen and oxygen atoms in total. The lowest BCUT2D eigenvalue weighted by Gasteiger charge is -2.46. The number of fused-ring (bicyclic) bond motifs is 4. The Bertz CT molecular complexity index is 2670. The number of ether oxygens (including phenoxy) is 2. The van der Waals surface area contributed by atoms with Gasteiger partial charge in [0.2, 0.25) is 11.8 Å². The Hall–Kier alpha value is -7.05. The number of aromatic nitrogens is 1. The number of nitrogens with two attached hydrogens (primary N) is 1. The first-order valence-corrected chi connectivity index (χ1v) is 20.2. The number of para-hydroxylation sites is 2. The Kier molecular flexibility index (Phi) is 10.2. The van der Waals surface area contributed by atoms with E-state index in [-0.39, 0.29) is 19.8 Å². The number of hydrogen-bond donors (Lipinski definition) is 5. The van der Waals surface area contributed by atoms with Crippen molar-refractivity contribution in [1.82, 2.24) is 15.2 Å². The lowest BCUT2D eigenvalue weighted by Crippen LogP contribution is -2.53. The average Bonchev–Trinajstić information content (AvgIpc) is 3.91. The van der Waals surface area contributed by atoms with Crippen molar-refractivity contribution in [1.29, 1.82) is 0 Å². The number of rotatable bonds is 9. The van der Waals surface area contributed by atoms with Crippen molar-refractivity contribution in [3.05, 3.63) is 155 Å². The molecule has 2 saturated heterocycles. The number of amides is 4. The lowest BCUT2D eigenvalue weighted by atomic mass is 9.65. The molecular formula is C46H38N6O7S. The van der Waals surface area contributed by atoms with Gasteiger partial charge in [-0.05, 0) is 53.1 Å². The molecule has 6 N–H and O–H groups in total. The fourth-order valence-electron chi connectivity index (χ4n) is 9.02. The van der Waals surface area contributed by atoms with Gasteiger partial charge in [0, 0.05) is 16.8 Å². The van der Waals surface area contributed by atoms with E-state index in [2.05, 4.69) is 32.8 Å². The number of urea groups is 1. The summed E-state index contributed by atoms with van der Waals surface area (Å²) in [5.41, 5.74) is 7.48. The third-order valence-electron chi connectivity index (χ3n) is 11.3. The largest absolute Gasteiger partial charge is 0.491 e. The molecule has 6 aromatic rings. The van der Waals surface area contributed by atoms with E-state index in [1.165, 1.54) is 11.3 Å². The standard InChI is InChI=1S/C46H38N6O7S/c47-44(57)48-23-11-12-27-21-22-32-31(26-27)46(43(56)49-32)36(41(54)51-45-50-33-18-8-10-20-35(33)60-45)38-42(55)59-39(29-15-5-2-6-16-29)37(28-13-3-1-4-14-28)52(38)40(46)30-17-7-9-19-34(30)58-25-24-53/h1-10,13-22,26,36-40,53H,23-25H2,(H,49,56)(H3,47,48,57)(H,50,51,54)/t36-,37-,38-,39+,40+,46-/m1/s1. The molecule has 6 atom stereocenters. The number of primary amides is 1. The molecule has 2 fully saturated rings. The number of nitrogens with one attached hydrogen (secondary N) is 3. The first kappa shape index (κ1) is 38.5. The van der Waals surface area contributed by atoms with E-state index >= 15 is 14.4 Å². The van der Waals surface area contributed by atoms with Gasteiger partial charge < -0.3 is 36.3 Å². The van der Waals surface area contributed by atoms with Crippen LogP contribution in [-0.2, 0) is 24.5 Å². The van der Waals surface area contributed by atoms with Crippen LogP contribution < -0.4 is 26.4 Å². The number of carbonyl (C=O) groups excluding carboxylic acids is 4. The number of anilines is 2. The van der Waals surface area contributed by atoms with Crippen LogP contribution in [0.15, 0.2) is 127 Å². The normalized spacial score (nSPS) is 22.9. The SMILES string of the molecule is NC(=O)NCC#Cc1ccc2c(c1)[C@]1(C(=O)N2)[C@H](c2ccccc2OCCO)N2[C@H](c3ccccc3)[C@H](c3ccccc3)OC(=O)[C@H]2[C@@H]1C(=O)Nc1nc2ccccc2s1. The third kappa shape index (κ3) is 6.58. The van der Waals surface area contributed by atoms with E-state index in [1.807, 2.05) is 102 Å². The van der Waals surface area contributed by atoms with E-state index in [0.29, 0.717) is 38.8 Å². The molecule has 3 aliphatic heterocycles. The zero-order valence-electron chi connectivity index (χ0n) is 31.9. The summed E-state index contributed by atoms with van der Waals surface area (Å²) < 4.78 is 13.6. The number of nitrogens with zero attached hydrogens (tertiary/aromatic N) is 2.